The molecule has 0 radical (unpaired) electrons. The zero-order valence-corrected chi connectivity index (χ0v) is 18.8. The van der Waals surface area contributed by atoms with E-state index in [0.717, 1.165) is 24.8 Å². The highest BCUT2D eigenvalue weighted by atomic mass is 35.5. The molecule has 2 atom stereocenters. The van der Waals surface area contributed by atoms with E-state index in [1.165, 1.54) is 22.5 Å². The molecular formula is C22H28ClN3O3S. The van der Waals surface area contributed by atoms with Gasteiger partial charge >= 0.3 is 0 Å². The number of hydrogen-bond acceptors (Lipinski definition) is 4. The molecule has 30 heavy (non-hydrogen) atoms. The number of sulfonamides is 1. The average Bonchev–Trinajstić information content (AvgIpc) is 2.76. The Morgan fingerprint density at radius 1 is 1.03 bits per heavy atom. The Morgan fingerprint density at radius 2 is 1.70 bits per heavy atom. The molecule has 6 nitrogen and oxygen atoms in total. The van der Waals surface area contributed by atoms with Gasteiger partial charge in [0, 0.05) is 19.1 Å². The summed E-state index contributed by atoms with van der Waals surface area (Å²) in [6.07, 6.45) is 2.76. The van der Waals surface area contributed by atoms with Gasteiger partial charge in [0.1, 0.15) is 0 Å². The smallest absolute Gasteiger partial charge is 0.243 e. The van der Waals surface area contributed by atoms with Crippen LogP contribution in [0.2, 0.25) is 5.02 Å². The zero-order chi connectivity index (χ0) is 21.7. The number of carbonyl (C=O) groups excluding carboxylic acids is 1. The van der Waals surface area contributed by atoms with Crippen molar-refractivity contribution in [3.8, 4) is 0 Å². The fraction of sp³-hybridized carbons (Fsp3) is 0.409. The Balaban J connectivity index is 1.71. The van der Waals surface area contributed by atoms with E-state index in [4.69, 9.17) is 11.6 Å². The summed E-state index contributed by atoms with van der Waals surface area (Å²) in [6, 6.07) is 13.8. The minimum Gasteiger partial charge on any atom is -0.323 e. The largest absolute Gasteiger partial charge is 0.323 e. The highest BCUT2D eigenvalue weighted by Gasteiger charge is 2.27. The molecule has 1 aliphatic rings. The molecule has 2 N–H and O–H groups in total. The molecule has 0 bridgehead atoms. The monoisotopic (exact) mass is 449 g/mol. The van der Waals surface area contributed by atoms with Gasteiger partial charge in [0.2, 0.25) is 15.9 Å². The molecule has 1 aliphatic heterocycles. The summed E-state index contributed by atoms with van der Waals surface area (Å²) in [5.41, 5.74) is 1.37. The molecule has 2 aromatic rings. The number of anilines is 1. The number of rotatable bonds is 7. The highest BCUT2D eigenvalue weighted by molar-refractivity contribution is 7.89. The van der Waals surface area contributed by atoms with Gasteiger partial charge in [-0.25, -0.2) is 8.42 Å². The first kappa shape index (κ1) is 22.7. The van der Waals surface area contributed by atoms with E-state index in [2.05, 4.69) is 10.6 Å². The summed E-state index contributed by atoms with van der Waals surface area (Å²) in [7, 11) is -3.60. The lowest BCUT2D eigenvalue weighted by Crippen LogP contribution is -2.39. The topological polar surface area (TPSA) is 78.5 Å². The van der Waals surface area contributed by atoms with Gasteiger partial charge in [-0.2, -0.15) is 4.31 Å². The molecule has 0 aromatic heterocycles. The van der Waals surface area contributed by atoms with E-state index in [1.54, 1.807) is 6.92 Å². The van der Waals surface area contributed by atoms with E-state index in [9.17, 15) is 13.2 Å². The molecule has 3 rings (SSSR count). The van der Waals surface area contributed by atoms with Crippen molar-refractivity contribution in [2.24, 2.45) is 0 Å². The Bertz CT molecular complexity index is 976. The summed E-state index contributed by atoms with van der Waals surface area (Å²) in [5, 5.41) is 6.31. The van der Waals surface area contributed by atoms with E-state index in [0.29, 0.717) is 23.8 Å². The molecule has 0 saturated carbocycles. The maximum Gasteiger partial charge on any atom is 0.243 e. The number of amides is 1. The predicted molar refractivity (Wildman–Crippen MR) is 120 cm³/mol. The minimum absolute atomic E-state index is 0.0202. The SMILES string of the molecule is C[C@H](N[C@@H](C)c1ccccc1)C(=O)Nc1cc(S(=O)(=O)N2CCCCC2)ccc1Cl. The highest BCUT2D eigenvalue weighted by Crippen LogP contribution is 2.28. The van der Waals surface area contributed by atoms with Crippen molar-refractivity contribution in [2.45, 2.75) is 50.1 Å². The van der Waals surface area contributed by atoms with Crippen LogP contribution >= 0.6 is 11.6 Å². The van der Waals surface area contributed by atoms with Gasteiger partial charge in [-0.1, -0.05) is 48.4 Å². The van der Waals surface area contributed by atoms with Crippen molar-refractivity contribution >= 4 is 33.2 Å². The Kier molecular flexibility index (Phi) is 7.52. The summed E-state index contributed by atoms with van der Waals surface area (Å²) < 4.78 is 27.4. The molecule has 162 valence electrons. The first-order valence-electron chi connectivity index (χ1n) is 10.2. The minimum atomic E-state index is -3.60. The van der Waals surface area contributed by atoms with Crippen LogP contribution in [0.25, 0.3) is 0 Å². The van der Waals surface area contributed by atoms with E-state index < -0.39 is 16.1 Å². The standard InChI is InChI=1S/C22H28ClN3O3S/c1-16(18-9-5-3-6-10-18)24-17(2)22(27)25-21-15-19(11-12-20(21)23)30(28,29)26-13-7-4-8-14-26/h3,5-6,9-12,15-17,24H,4,7-8,13-14H2,1-2H3,(H,25,27)/t16-,17-/m0/s1. The van der Waals surface area contributed by atoms with Crippen LogP contribution < -0.4 is 10.6 Å². The number of nitrogens with one attached hydrogen (secondary N) is 2. The van der Waals surface area contributed by atoms with Crippen molar-refractivity contribution in [3.63, 3.8) is 0 Å². The molecular weight excluding hydrogens is 422 g/mol. The van der Waals surface area contributed by atoms with Crippen molar-refractivity contribution in [3.05, 3.63) is 59.1 Å². The van der Waals surface area contributed by atoms with Gasteiger partial charge in [0.05, 0.1) is 21.6 Å². The number of carbonyl (C=O) groups is 1. The number of piperidine rings is 1. The number of halogens is 1. The first-order chi connectivity index (χ1) is 14.3. The maximum atomic E-state index is 12.9. The van der Waals surface area contributed by atoms with Gasteiger partial charge < -0.3 is 5.32 Å². The second-order valence-corrected chi connectivity index (χ2v) is 9.96. The summed E-state index contributed by atoms with van der Waals surface area (Å²) in [6.45, 7) is 4.78. The van der Waals surface area contributed by atoms with Gasteiger partial charge in [-0.3, -0.25) is 10.1 Å². The lowest BCUT2D eigenvalue weighted by atomic mass is 10.1. The Labute approximate surface area is 183 Å². The van der Waals surface area contributed by atoms with Crippen LogP contribution in [0.3, 0.4) is 0 Å². The predicted octanol–water partition coefficient (Wildman–Crippen LogP) is 4.19. The third-order valence-electron chi connectivity index (χ3n) is 5.34. The lowest BCUT2D eigenvalue weighted by molar-refractivity contribution is -0.117. The fourth-order valence-electron chi connectivity index (χ4n) is 3.54. The van der Waals surface area contributed by atoms with Crippen molar-refractivity contribution < 1.29 is 13.2 Å². The van der Waals surface area contributed by atoms with Crippen LogP contribution in [0.5, 0.6) is 0 Å². The fourth-order valence-corrected chi connectivity index (χ4v) is 5.25. The van der Waals surface area contributed by atoms with E-state index >= 15 is 0 Å². The third kappa shape index (κ3) is 5.40. The summed E-state index contributed by atoms with van der Waals surface area (Å²) >= 11 is 6.24. The van der Waals surface area contributed by atoms with Gasteiger partial charge in [-0.15, -0.1) is 0 Å². The van der Waals surface area contributed by atoms with E-state index in [1.807, 2.05) is 37.3 Å². The second kappa shape index (κ2) is 9.92. The molecule has 1 fully saturated rings. The van der Waals surface area contributed by atoms with Crippen LogP contribution in [-0.2, 0) is 14.8 Å². The second-order valence-electron chi connectivity index (χ2n) is 7.62. The molecule has 0 unspecified atom stereocenters. The van der Waals surface area contributed by atoms with Crippen molar-refractivity contribution in [2.75, 3.05) is 18.4 Å². The van der Waals surface area contributed by atoms with Crippen LogP contribution in [0, 0.1) is 0 Å². The Morgan fingerprint density at radius 3 is 2.37 bits per heavy atom. The zero-order valence-electron chi connectivity index (χ0n) is 17.3. The molecule has 0 aliphatic carbocycles. The van der Waals surface area contributed by atoms with Crippen LogP contribution in [0.1, 0.15) is 44.7 Å². The Hall–Kier alpha value is -1.93. The average molecular weight is 450 g/mol. The quantitative estimate of drug-likeness (QED) is 0.664. The van der Waals surface area contributed by atoms with Crippen molar-refractivity contribution in [1.82, 2.24) is 9.62 Å². The molecule has 1 saturated heterocycles. The van der Waals surface area contributed by atoms with Crippen LogP contribution in [0.15, 0.2) is 53.4 Å². The molecule has 8 heteroatoms. The molecule has 1 amide bonds. The first-order valence-corrected chi connectivity index (χ1v) is 12.0. The number of hydrogen-bond donors (Lipinski definition) is 2. The molecule has 2 aromatic carbocycles. The van der Waals surface area contributed by atoms with Gasteiger partial charge in [-0.05, 0) is 50.5 Å². The van der Waals surface area contributed by atoms with E-state index in [-0.39, 0.29) is 16.8 Å². The molecule has 1 heterocycles. The van der Waals surface area contributed by atoms with Gasteiger partial charge in [0.25, 0.3) is 0 Å². The normalized spacial score (nSPS) is 17.3. The van der Waals surface area contributed by atoms with Crippen LogP contribution in [-0.4, -0.2) is 37.8 Å². The third-order valence-corrected chi connectivity index (χ3v) is 7.57. The lowest BCUT2D eigenvalue weighted by Gasteiger charge is -2.26. The number of benzene rings is 2. The van der Waals surface area contributed by atoms with Gasteiger partial charge in [0.15, 0.2) is 0 Å². The number of nitrogens with zero attached hydrogens (tertiary/aromatic N) is 1. The van der Waals surface area contributed by atoms with Crippen molar-refractivity contribution in [1.29, 1.82) is 0 Å². The summed E-state index contributed by atoms with van der Waals surface area (Å²) in [4.78, 5) is 12.8. The molecule has 0 spiro atoms. The summed E-state index contributed by atoms with van der Waals surface area (Å²) in [5.74, 6) is -0.285. The maximum absolute atomic E-state index is 12.9. The van der Waals surface area contributed by atoms with Crippen LogP contribution in [0.4, 0.5) is 5.69 Å².